The molecule has 0 saturated heterocycles. The summed E-state index contributed by atoms with van der Waals surface area (Å²) >= 11 is 0. The lowest BCUT2D eigenvalue weighted by atomic mass is 10.1. The third-order valence-corrected chi connectivity index (χ3v) is 8.51. The average Bonchev–Trinajstić information content (AvgIpc) is 3.84. The van der Waals surface area contributed by atoms with E-state index in [1.54, 1.807) is 25.1 Å². The zero-order valence-corrected chi connectivity index (χ0v) is 30.9. The second-order valence-corrected chi connectivity index (χ2v) is 12.7. The Bertz CT molecular complexity index is 2950. The van der Waals surface area contributed by atoms with Crippen LogP contribution in [-0.4, -0.2) is 68.7 Å². The Morgan fingerprint density at radius 3 is 1.93 bits per heavy atom. The maximum atomic E-state index is 13.5. The molecule has 0 aliphatic heterocycles. The molecular formula is C39H25F6N11O5. The summed E-state index contributed by atoms with van der Waals surface area (Å²) in [5.41, 5.74) is 0.901. The maximum absolute atomic E-state index is 13.5. The highest BCUT2D eigenvalue weighted by Gasteiger charge is 2.33. The molecule has 2 amide bonds. The zero-order chi connectivity index (χ0) is 42.9. The molecule has 0 bridgehead atoms. The topological polar surface area (TPSA) is 185 Å². The van der Waals surface area contributed by atoms with E-state index in [9.17, 15) is 35.9 Å². The molecule has 308 valence electrons. The van der Waals surface area contributed by atoms with Crippen LogP contribution in [0.1, 0.15) is 32.2 Å². The second kappa shape index (κ2) is 15.9. The molecule has 6 heterocycles. The van der Waals surface area contributed by atoms with Crippen molar-refractivity contribution < 1.29 is 50.1 Å². The van der Waals surface area contributed by atoms with Crippen molar-refractivity contribution in [3.05, 3.63) is 132 Å². The third-order valence-electron chi connectivity index (χ3n) is 8.51. The number of nitrogens with zero attached hydrogens (tertiary/aromatic N) is 9. The molecule has 0 radical (unpaired) electrons. The van der Waals surface area contributed by atoms with E-state index in [1.807, 2.05) is 0 Å². The van der Waals surface area contributed by atoms with E-state index >= 15 is 0 Å². The van der Waals surface area contributed by atoms with Crippen LogP contribution in [0.25, 0.3) is 33.8 Å². The van der Waals surface area contributed by atoms with Crippen molar-refractivity contribution in [3.63, 3.8) is 0 Å². The monoisotopic (exact) mass is 841 g/mol. The minimum absolute atomic E-state index is 0.00575. The number of alkyl halides is 6. The van der Waals surface area contributed by atoms with Crippen LogP contribution in [0.5, 0.6) is 17.5 Å². The van der Waals surface area contributed by atoms with E-state index in [-0.39, 0.29) is 75.0 Å². The Hall–Kier alpha value is -8.17. The number of imidazole rings is 2. The van der Waals surface area contributed by atoms with Gasteiger partial charge >= 0.3 is 18.7 Å². The molecule has 0 saturated carbocycles. The lowest BCUT2D eigenvalue weighted by Gasteiger charge is -2.14. The Morgan fingerprint density at radius 1 is 0.656 bits per heavy atom. The first-order valence-electron chi connectivity index (χ1n) is 17.6. The van der Waals surface area contributed by atoms with Gasteiger partial charge in [0, 0.05) is 28.6 Å². The minimum atomic E-state index is -5.03. The molecule has 0 unspecified atom stereocenters. The Labute approximate surface area is 337 Å². The number of pyridine rings is 1. The number of anilines is 2. The van der Waals surface area contributed by atoms with Gasteiger partial charge in [-0.2, -0.15) is 15.2 Å². The first kappa shape index (κ1) is 39.6. The molecule has 0 aliphatic rings. The van der Waals surface area contributed by atoms with Crippen LogP contribution in [0, 0.1) is 6.92 Å². The highest BCUT2D eigenvalue weighted by molar-refractivity contribution is 6.03. The number of carbonyl (C=O) groups is 2. The van der Waals surface area contributed by atoms with Crippen molar-refractivity contribution in [1.29, 1.82) is 0 Å². The fourth-order valence-corrected chi connectivity index (χ4v) is 5.98. The number of hydrogen-bond donors (Lipinski definition) is 2. The number of hydrogen-bond acceptors (Lipinski definition) is 12. The first-order chi connectivity index (χ1) is 29.2. The van der Waals surface area contributed by atoms with E-state index < -0.39 is 36.0 Å². The third kappa shape index (κ3) is 8.96. The van der Waals surface area contributed by atoms with E-state index in [2.05, 4.69) is 55.2 Å². The summed E-state index contributed by atoms with van der Waals surface area (Å²) < 4.78 is 96.1. The fourth-order valence-electron chi connectivity index (χ4n) is 5.98. The van der Waals surface area contributed by atoms with Gasteiger partial charge in [0.25, 0.3) is 11.8 Å². The number of ether oxygens (including phenoxy) is 3. The summed E-state index contributed by atoms with van der Waals surface area (Å²) in [6, 6.07) is 21.0. The number of rotatable bonds is 11. The highest BCUT2D eigenvalue weighted by atomic mass is 19.4. The average molecular weight is 842 g/mol. The molecule has 2 aromatic carbocycles. The number of para-hydroxylation sites is 2. The number of aryl methyl sites for hydroxylation is 1. The van der Waals surface area contributed by atoms with Crippen LogP contribution in [0.4, 0.5) is 38.0 Å². The predicted octanol–water partition coefficient (Wildman–Crippen LogP) is 7.48. The highest BCUT2D eigenvalue weighted by Crippen LogP contribution is 2.35. The summed E-state index contributed by atoms with van der Waals surface area (Å²) in [6.07, 6.45) is -6.29. The van der Waals surface area contributed by atoms with Gasteiger partial charge in [0.15, 0.2) is 22.7 Å². The van der Waals surface area contributed by atoms with Crippen molar-refractivity contribution in [2.75, 3.05) is 10.6 Å². The summed E-state index contributed by atoms with van der Waals surface area (Å²) in [5.74, 6) is -2.31. The van der Waals surface area contributed by atoms with Crippen LogP contribution in [0.3, 0.4) is 0 Å². The van der Waals surface area contributed by atoms with Crippen LogP contribution in [0.15, 0.2) is 110 Å². The Morgan fingerprint density at radius 2 is 1.26 bits per heavy atom. The van der Waals surface area contributed by atoms with Gasteiger partial charge in [-0.05, 0) is 67.6 Å². The molecule has 8 aromatic rings. The van der Waals surface area contributed by atoms with Crippen molar-refractivity contribution >= 4 is 34.7 Å². The number of nitrogens with one attached hydrogen (secondary N) is 2. The van der Waals surface area contributed by atoms with E-state index in [0.717, 1.165) is 21.2 Å². The standard InChI is InChI=1S/C39H25F6N11O5/c1-21-7-6-12-31(49-21)50-36(58)28-19-48-34-22(17-26(54-56(28)34)24-9-3-5-11-30(24)61-39(43,44)45)20-59-37-46-16-15-32(52-37)51-35(57)27-18-47-33-14-13-25(53-55(27)33)23-8-2-4-10-29(23)60-38(40,41)42/h2-19H,20H2,1H3,(H,49,50,58)(H,46,51,52,57). The van der Waals surface area contributed by atoms with Gasteiger partial charge in [-0.1, -0.05) is 30.3 Å². The predicted molar refractivity (Wildman–Crippen MR) is 201 cm³/mol. The van der Waals surface area contributed by atoms with Gasteiger partial charge in [0.05, 0.1) is 23.8 Å². The number of carbonyl (C=O) groups excluding carboxylic acids is 2. The number of amides is 2. The van der Waals surface area contributed by atoms with Crippen molar-refractivity contribution in [1.82, 2.24) is 44.1 Å². The normalized spacial score (nSPS) is 11.7. The lowest BCUT2D eigenvalue weighted by Crippen LogP contribution is -2.18. The molecule has 22 heteroatoms. The number of aromatic nitrogens is 9. The van der Waals surface area contributed by atoms with Crippen LogP contribution in [0.2, 0.25) is 0 Å². The minimum Gasteiger partial charge on any atom is -0.458 e. The molecule has 0 aliphatic carbocycles. The van der Waals surface area contributed by atoms with Crippen LogP contribution in [-0.2, 0) is 6.61 Å². The molecular weight excluding hydrogens is 816 g/mol. The summed E-state index contributed by atoms with van der Waals surface area (Å²) in [4.78, 5) is 48.0. The van der Waals surface area contributed by atoms with Gasteiger partial charge in [-0.15, -0.1) is 26.3 Å². The summed E-state index contributed by atoms with van der Waals surface area (Å²) in [7, 11) is 0. The Kier molecular flexibility index (Phi) is 10.3. The molecule has 6 aromatic heterocycles. The molecule has 8 rings (SSSR count). The van der Waals surface area contributed by atoms with Crippen molar-refractivity contribution in [2.24, 2.45) is 0 Å². The molecule has 2 N–H and O–H groups in total. The SMILES string of the molecule is Cc1cccc(NC(=O)c2cnc3c(COc4nccc(NC(=O)c5cnc6ccc(-c7ccccc7OC(F)(F)F)nn56)n4)cc(-c4ccccc4OC(F)(F)F)nn23)n1. The van der Waals surface area contributed by atoms with Gasteiger partial charge < -0.3 is 24.8 Å². The summed E-state index contributed by atoms with van der Waals surface area (Å²) in [5, 5.41) is 14.0. The fraction of sp³-hybridized carbons (Fsp3) is 0.103. The van der Waals surface area contributed by atoms with Gasteiger partial charge in [0.2, 0.25) is 0 Å². The largest absolute Gasteiger partial charge is 0.573 e. The smallest absolute Gasteiger partial charge is 0.458 e. The quantitative estimate of drug-likeness (QED) is 0.123. The molecule has 16 nitrogen and oxygen atoms in total. The van der Waals surface area contributed by atoms with Crippen molar-refractivity contribution in [2.45, 2.75) is 26.3 Å². The molecule has 0 atom stereocenters. The van der Waals surface area contributed by atoms with E-state index in [1.165, 1.54) is 79.3 Å². The van der Waals surface area contributed by atoms with Gasteiger partial charge in [-0.3, -0.25) is 9.59 Å². The molecule has 0 spiro atoms. The molecule has 61 heavy (non-hydrogen) atoms. The lowest BCUT2D eigenvalue weighted by molar-refractivity contribution is -0.275. The number of halogens is 6. The zero-order valence-electron chi connectivity index (χ0n) is 30.9. The molecule has 0 fully saturated rings. The summed E-state index contributed by atoms with van der Waals surface area (Å²) in [6.45, 7) is 1.37. The number of benzene rings is 2. The Balaban J connectivity index is 1.07. The number of fused-ring (bicyclic) bond motifs is 2. The van der Waals surface area contributed by atoms with Gasteiger partial charge in [0.1, 0.15) is 29.7 Å². The second-order valence-electron chi connectivity index (χ2n) is 12.7. The van der Waals surface area contributed by atoms with E-state index in [4.69, 9.17) is 4.74 Å². The van der Waals surface area contributed by atoms with Crippen LogP contribution >= 0.6 is 0 Å². The maximum Gasteiger partial charge on any atom is 0.573 e. The van der Waals surface area contributed by atoms with Gasteiger partial charge in [-0.25, -0.2) is 29.0 Å². The van der Waals surface area contributed by atoms with Crippen molar-refractivity contribution in [3.8, 4) is 40.0 Å². The van der Waals surface area contributed by atoms with Crippen LogP contribution < -0.4 is 24.8 Å². The van der Waals surface area contributed by atoms with E-state index in [0.29, 0.717) is 5.69 Å². The first-order valence-corrected chi connectivity index (χ1v) is 17.6.